The van der Waals surface area contributed by atoms with Gasteiger partial charge in [-0.15, -0.1) is 0 Å². The molecule has 1 heteroatoms. The fraction of sp³-hybridized carbons (Fsp3) is 0.414. The largest absolute Gasteiger partial charge is 0.213 e. The van der Waals surface area contributed by atoms with Crippen LogP contribution in [0.2, 0.25) is 0 Å². The van der Waals surface area contributed by atoms with E-state index in [1.165, 1.54) is 52.8 Å². The van der Waals surface area contributed by atoms with Crippen molar-refractivity contribution < 1.29 is 4.57 Å². The highest BCUT2D eigenvalue weighted by molar-refractivity contribution is 5.76. The van der Waals surface area contributed by atoms with Gasteiger partial charge in [0.05, 0.1) is 11.0 Å². The van der Waals surface area contributed by atoms with Crippen molar-refractivity contribution in [3.05, 3.63) is 77.5 Å². The summed E-state index contributed by atoms with van der Waals surface area (Å²) in [5, 5.41) is 0. The zero-order valence-electron chi connectivity index (χ0n) is 19.3. The van der Waals surface area contributed by atoms with Crippen LogP contribution in [0.5, 0.6) is 0 Å². The van der Waals surface area contributed by atoms with E-state index in [2.05, 4.69) is 107 Å². The molecule has 2 heterocycles. The maximum absolute atomic E-state index is 2.63. The second-order valence-electron chi connectivity index (χ2n) is 10.5. The molecule has 0 saturated heterocycles. The molecule has 2 aromatic carbocycles. The van der Waals surface area contributed by atoms with Crippen molar-refractivity contribution in [2.45, 2.75) is 77.2 Å². The van der Waals surface area contributed by atoms with Gasteiger partial charge >= 0.3 is 0 Å². The number of aryl methyl sites for hydroxylation is 1. The second-order valence-corrected chi connectivity index (χ2v) is 10.5. The first-order chi connectivity index (χ1) is 14.3. The molecule has 3 aromatic rings. The van der Waals surface area contributed by atoms with E-state index in [4.69, 9.17) is 0 Å². The molecule has 1 aliphatic carbocycles. The van der Waals surface area contributed by atoms with E-state index in [-0.39, 0.29) is 16.4 Å². The SMILES string of the molecule is CCC12CC1(CC)[n+]1cc(C)ccc1-c1cc(-c3ccc(C(C)(C)C)cc3)ccc12. The molecule has 0 spiro atoms. The predicted molar refractivity (Wildman–Crippen MR) is 126 cm³/mol. The molecule has 1 fully saturated rings. The Morgan fingerprint density at radius 3 is 2.20 bits per heavy atom. The van der Waals surface area contributed by atoms with E-state index < -0.39 is 0 Å². The first-order valence-corrected chi connectivity index (χ1v) is 11.5. The number of rotatable bonds is 3. The van der Waals surface area contributed by atoms with Gasteiger partial charge in [0.2, 0.25) is 5.69 Å². The summed E-state index contributed by atoms with van der Waals surface area (Å²) in [7, 11) is 0. The molecule has 154 valence electrons. The van der Waals surface area contributed by atoms with Gasteiger partial charge in [0.1, 0.15) is 0 Å². The second kappa shape index (κ2) is 6.30. The summed E-state index contributed by atoms with van der Waals surface area (Å²) in [4.78, 5) is 0. The van der Waals surface area contributed by atoms with Crippen LogP contribution in [0.15, 0.2) is 60.8 Å². The third-order valence-corrected chi connectivity index (χ3v) is 8.00. The Labute approximate surface area is 181 Å². The summed E-state index contributed by atoms with van der Waals surface area (Å²) in [5.41, 5.74) is 10.5. The fourth-order valence-corrected chi connectivity index (χ4v) is 6.09. The quantitative estimate of drug-likeness (QED) is 0.416. The highest BCUT2D eigenvalue weighted by Gasteiger charge is 2.76. The summed E-state index contributed by atoms with van der Waals surface area (Å²) < 4.78 is 2.63. The highest BCUT2D eigenvalue weighted by Crippen LogP contribution is 2.67. The lowest BCUT2D eigenvalue weighted by Gasteiger charge is -2.29. The molecule has 0 radical (unpaired) electrons. The third kappa shape index (κ3) is 2.51. The Morgan fingerprint density at radius 1 is 0.867 bits per heavy atom. The monoisotopic (exact) mass is 396 g/mol. The number of hydrogen-bond acceptors (Lipinski definition) is 0. The molecule has 5 rings (SSSR count). The maximum atomic E-state index is 2.63. The third-order valence-electron chi connectivity index (χ3n) is 8.00. The van der Waals surface area contributed by atoms with Gasteiger partial charge in [-0.3, -0.25) is 0 Å². The zero-order chi connectivity index (χ0) is 21.3. The van der Waals surface area contributed by atoms with E-state index in [1.54, 1.807) is 5.56 Å². The molecular weight excluding hydrogens is 362 g/mol. The van der Waals surface area contributed by atoms with Crippen molar-refractivity contribution in [2.24, 2.45) is 0 Å². The standard InChI is InChI=1S/C29H34N/c1-7-28-19-29(28,8-2)30-18-20(3)9-16-26(30)24-17-22(12-15-25(24)28)21-10-13-23(14-11-21)27(4,5)6/h9-18H,7-8,19H2,1-6H3/q+1. The summed E-state index contributed by atoms with van der Waals surface area (Å²) in [6, 6.07) is 21.0. The van der Waals surface area contributed by atoms with E-state index in [9.17, 15) is 0 Å². The van der Waals surface area contributed by atoms with Gasteiger partial charge < -0.3 is 0 Å². The Morgan fingerprint density at radius 2 is 1.57 bits per heavy atom. The Kier molecular flexibility index (Phi) is 4.10. The van der Waals surface area contributed by atoms with Gasteiger partial charge in [0, 0.05) is 24.5 Å². The normalized spacial score (nSPS) is 24.1. The van der Waals surface area contributed by atoms with E-state index in [0.29, 0.717) is 0 Å². The summed E-state index contributed by atoms with van der Waals surface area (Å²) in [6.07, 6.45) is 6.05. The van der Waals surface area contributed by atoms with E-state index >= 15 is 0 Å². The minimum atomic E-state index is 0.185. The van der Waals surface area contributed by atoms with Crippen LogP contribution in [0.1, 0.15) is 70.6 Å². The molecule has 0 bridgehead atoms. The molecule has 1 aromatic heterocycles. The molecule has 2 aliphatic rings. The lowest BCUT2D eigenvalue weighted by Crippen LogP contribution is -2.54. The van der Waals surface area contributed by atoms with Gasteiger partial charge in [0.15, 0.2) is 11.7 Å². The maximum Gasteiger partial charge on any atom is 0.213 e. The fourth-order valence-electron chi connectivity index (χ4n) is 6.09. The van der Waals surface area contributed by atoms with Gasteiger partial charge in [-0.25, -0.2) is 0 Å². The van der Waals surface area contributed by atoms with Crippen LogP contribution < -0.4 is 4.57 Å². The molecule has 1 saturated carbocycles. The van der Waals surface area contributed by atoms with E-state index in [0.717, 1.165) is 0 Å². The van der Waals surface area contributed by atoms with Gasteiger partial charge in [-0.1, -0.05) is 71.0 Å². The van der Waals surface area contributed by atoms with Crippen LogP contribution in [0.3, 0.4) is 0 Å². The van der Waals surface area contributed by atoms with Crippen molar-refractivity contribution >= 4 is 0 Å². The summed E-state index contributed by atoms with van der Waals surface area (Å²) >= 11 is 0. The van der Waals surface area contributed by atoms with Crippen molar-refractivity contribution in [3.8, 4) is 22.4 Å². The van der Waals surface area contributed by atoms with Crippen LogP contribution >= 0.6 is 0 Å². The number of aromatic nitrogens is 1. The lowest BCUT2D eigenvalue weighted by molar-refractivity contribution is -0.736. The minimum Gasteiger partial charge on any atom is -0.192 e. The number of fused-ring (bicyclic) bond motifs is 6. The first-order valence-electron chi connectivity index (χ1n) is 11.5. The Balaban J connectivity index is 1.67. The van der Waals surface area contributed by atoms with E-state index in [1.807, 2.05) is 0 Å². The zero-order valence-corrected chi connectivity index (χ0v) is 19.3. The van der Waals surface area contributed by atoms with Gasteiger partial charge in [0.25, 0.3) is 0 Å². The van der Waals surface area contributed by atoms with Crippen LogP contribution in [0, 0.1) is 6.92 Å². The Hall–Kier alpha value is -2.41. The molecule has 2 unspecified atom stereocenters. The molecule has 0 amide bonds. The van der Waals surface area contributed by atoms with Crippen molar-refractivity contribution in [2.75, 3.05) is 0 Å². The van der Waals surface area contributed by atoms with Gasteiger partial charge in [-0.05, 0) is 53.1 Å². The topological polar surface area (TPSA) is 3.88 Å². The summed E-state index contributed by atoms with van der Waals surface area (Å²) in [6.45, 7) is 13.8. The van der Waals surface area contributed by atoms with Crippen molar-refractivity contribution in [1.29, 1.82) is 0 Å². The van der Waals surface area contributed by atoms with Gasteiger partial charge in [-0.2, -0.15) is 4.57 Å². The number of benzene rings is 2. The van der Waals surface area contributed by atoms with Crippen LogP contribution in [-0.2, 0) is 16.4 Å². The van der Waals surface area contributed by atoms with Crippen molar-refractivity contribution in [1.82, 2.24) is 0 Å². The first kappa shape index (κ1) is 19.5. The average Bonchev–Trinajstić information content (AvgIpc) is 3.44. The van der Waals surface area contributed by atoms with Crippen molar-refractivity contribution in [3.63, 3.8) is 0 Å². The summed E-state index contributed by atoms with van der Waals surface area (Å²) in [5.74, 6) is 0. The number of pyridine rings is 1. The number of nitrogens with zero attached hydrogens (tertiary/aromatic N) is 1. The average molecular weight is 397 g/mol. The van der Waals surface area contributed by atoms with Crippen LogP contribution in [0.25, 0.3) is 22.4 Å². The predicted octanol–water partition coefficient (Wildman–Crippen LogP) is 7.08. The molecule has 1 nitrogen and oxygen atoms in total. The molecule has 1 aliphatic heterocycles. The minimum absolute atomic E-state index is 0.185. The van der Waals surface area contributed by atoms with Crippen LogP contribution in [-0.4, -0.2) is 0 Å². The number of hydrogen-bond donors (Lipinski definition) is 0. The Bertz CT molecular complexity index is 1130. The molecule has 0 N–H and O–H groups in total. The lowest BCUT2D eigenvalue weighted by atomic mass is 9.78. The molecular formula is C29H34N+. The highest BCUT2D eigenvalue weighted by atomic mass is 15.2. The molecule has 2 atom stereocenters. The molecule has 30 heavy (non-hydrogen) atoms. The van der Waals surface area contributed by atoms with Crippen LogP contribution in [0.4, 0.5) is 0 Å². The smallest absolute Gasteiger partial charge is 0.192 e.